The van der Waals surface area contributed by atoms with Crippen molar-refractivity contribution in [1.29, 1.82) is 0 Å². The third kappa shape index (κ3) is 7.70. The van der Waals surface area contributed by atoms with Crippen LogP contribution in [0.3, 0.4) is 0 Å². The molecule has 1 aromatic rings. The Kier molecular flexibility index (Phi) is 6.68. The molecule has 0 spiro atoms. The van der Waals surface area contributed by atoms with E-state index >= 15 is 0 Å². The Morgan fingerprint density at radius 2 is 1.86 bits per heavy atom. The Morgan fingerprint density at radius 3 is 2.38 bits per heavy atom. The van der Waals surface area contributed by atoms with Crippen molar-refractivity contribution in [2.45, 2.75) is 39.0 Å². The van der Waals surface area contributed by atoms with E-state index in [0.717, 1.165) is 12.8 Å². The number of hydrogen-bond donors (Lipinski definition) is 1. The highest BCUT2D eigenvalue weighted by atomic mass is 19.4. The molecule has 0 heterocycles. The molecule has 0 aliphatic rings. The standard InChI is InChI=1S/C15H20F3NO2/c1-11(8-9-19)2-5-13(20)10-12-3-6-14(7-4-12)21-15(16,17)18/h3-4,6-7,11H,2,5,8-10,19H2,1H3. The van der Waals surface area contributed by atoms with Gasteiger partial charge in [0.05, 0.1) is 0 Å². The smallest absolute Gasteiger partial charge is 0.406 e. The molecule has 1 unspecified atom stereocenters. The fourth-order valence-corrected chi connectivity index (χ4v) is 1.96. The molecule has 0 bridgehead atoms. The minimum Gasteiger partial charge on any atom is -0.406 e. The summed E-state index contributed by atoms with van der Waals surface area (Å²) in [6.45, 7) is 2.65. The second kappa shape index (κ2) is 8.02. The summed E-state index contributed by atoms with van der Waals surface area (Å²) in [4.78, 5) is 11.8. The largest absolute Gasteiger partial charge is 0.573 e. The zero-order valence-electron chi connectivity index (χ0n) is 12.0. The number of benzene rings is 1. The number of Topliss-reactive ketones (excluding diaryl/α,β-unsaturated/α-hetero) is 1. The fourth-order valence-electron chi connectivity index (χ4n) is 1.96. The second-order valence-corrected chi connectivity index (χ2v) is 5.13. The molecule has 1 rings (SSSR count). The van der Waals surface area contributed by atoms with Crippen molar-refractivity contribution in [2.24, 2.45) is 11.7 Å². The quantitative estimate of drug-likeness (QED) is 0.800. The molecule has 0 fully saturated rings. The van der Waals surface area contributed by atoms with E-state index in [1.54, 1.807) is 0 Å². The van der Waals surface area contributed by atoms with Gasteiger partial charge in [-0.1, -0.05) is 19.1 Å². The van der Waals surface area contributed by atoms with Crippen LogP contribution in [0.1, 0.15) is 31.7 Å². The molecule has 0 aliphatic carbocycles. The number of nitrogens with two attached hydrogens (primary N) is 1. The van der Waals surface area contributed by atoms with Gasteiger partial charge < -0.3 is 10.5 Å². The van der Waals surface area contributed by atoms with E-state index in [2.05, 4.69) is 4.74 Å². The lowest BCUT2D eigenvalue weighted by molar-refractivity contribution is -0.274. The molecule has 0 aliphatic heterocycles. The van der Waals surface area contributed by atoms with E-state index in [-0.39, 0.29) is 18.0 Å². The Bertz CT molecular complexity index is 443. The summed E-state index contributed by atoms with van der Waals surface area (Å²) in [6, 6.07) is 5.38. The summed E-state index contributed by atoms with van der Waals surface area (Å²) < 4.78 is 39.8. The Morgan fingerprint density at radius 1 is 1.24 bits per heavy atom. The van der Waals surface area contributed by atoms with E-state index in [4.69, 9.17) is 5.73 Å². The average molecular weight is 303 g/mol. The summed E-state index contributed by atoms with van der Waals surface area (Å²) in [5.41, 5.74) is 6.12. The number of alkyl halides is 3. The number of rotatable bonds is 8. The molecule has 2 N–H and O–H groups in total. The molecule has 118 valence electrons. The minimum atomic E-state index is -4.70. The number of hydrogen-bond acceptors (Lipinski definition) is 3. The van der Waals surface area contributed by atoms with Crippen LogP contribution in [0, 0.1) is 5.92 Å². The first-order valence-electron chi connectivity index (χ1n) is 6.86. The summed E-state index contributed by atoms with van der Waals surface area (Å²) in [6.07, 6.45) is -2.35. The van der Waals surface area contributed by atoms with Gasteiger partial charge in [-0.05, 0) is 43.0 Å². The Hall–Kier alpha value is -1.56. The van der Waals surface area contributed by atoms with Crippen LogP contribution in [0.15, 0.2) is 24.3 Å². The molecule has 6 heteroatoms. The second-order valence-electron chi connectivity index (χ2n) is 5.13. The predicted molar refractivity (Wildman–Crippen MR) is 73.9 cm³/mol. The van der Waals surface area contributed by atoms with Crippen LogP contribution in [0.2, 0.25) is 0 Å². The van der Waals surface area contributed by atoms with Crippen molar-refractivity contribution in [3.05, 3.63) is 29.8 Å². The van der Waals surface area contributed by atoms with Crippen molar-refractivity contribution < 1.29 is 22.7 Å². The van der Waals surface area contributed by atoms with Crippen molar-refractivity contribution in [2.75, 3.05) is 6.54 Å². The fraction of sp³-hybridized carbons (Fsp3) is 0.533. The highest BCUT2D eigenvalue weighted by Crippen LogP contribution is 2.23. The zero-order valence-corrected chi connectivity index (χ0v) is 12.0. The maximum atomic E-state index is 12.0. The minimum absolute atomic E-state index is 0.0726. The predicted octanol–water partition coefficient (Wildman–Crippen LogP) is 3.46. The monoisotopic (exact) mass is 303 g/mol. The van der Waals surface area contributed by atoms with Crippen molar-refractivity contribution in [1.82, 2.24) is 0 Å². The maximum Gasteiger partial charge on any atom is 0.573 e. The summed E-state index contributed by atoms with van der Waals surface area (Å²) in [5.74, 6) is 0.195. The van der Waals surface area contributed by atoms with Crippen molar-refractivity contribution in [3.8, 4) is 5.75 Å². The van der Waals surface area contributed by atoms with Gasteiger partial charge in [0.25, 0.3) is 0 Å². The van der Waals surface area contributed by atoms with E-state index in [1.165, 1.54) is 24.3 Å². The lowest BCUT2D eigenvalue weighted by Gasteiger charge is -2.10. The van der Waals surface area contributed by atoms with Gasteiger partial charge >= 0.3 is 6.36 Å². The molecule has 21 heavy (non-hydrogen) atoms. The molecule has 1 aromatic carbocycles. The number of ketones is 1. The highest BCUT2D eigenvalue weighted by molar-refractivity contribution is 5.80. The van der Waals surface area contributed by atoms with E-state index < -0.39 is 6.36 Å². The third-order valence-electron chi connectivity index (χ3n) is 3.13. The first-order valence-corrected chi connectivity index (χ1v) is 6.86. The lowest BCUT2D eigenvalue weighted by atomic mass is 9.98. The van der Waals surface area contributed by atoms with E-state index in [0.29, 0.717) is 24.4 Å². The summed E-state index contributed by atoms with van der Waals surface area (Å²) in [5, 5.41) is 0. The molecule has 0 saturated carbocycles. The van der Waals surface area contributed by atoms with Gasteiger partial charge in [-0.25, -0.2) is 0 Å². The molecule has 0 radical (unpaired) electrons. The maximum absolute atomic E-state index is 12.0. The normalized spacial score (nSPS) is 13.0. The number of carbonyl (C=O) groups is 1. The third-order valence-corrected chi connectivity index (χ3v) is 3.13. The van der Waals surface area contributed by atoms with E-state index in [9.17, 15) is 18.0 Å². The van der Waals surface area contributed by atoms with Crippen LogP contribution in [-0.2, 0) is 11.2 Å². The lowest BCUT2D eigenvalue weighted by Crippen LogP contribution is -2.17. The van der Waals surface area contributed by atoms with Crippen LogP contribution in [-0.4, -0.2) is 18.7 Å². The molecule has 1 atom stereocenters. The van der Waals surface area contributed by atoms with Crippen molar-refractivity contribution >= 4 is 5.78 Å². The molecule has 0 amide bonds. The summed E-state index contributed by atoms with van der Waals surface area (Å²) >= 11 is 0. The number of halogens is 3. The number of ether oxygens (including phenoxy) is 1. The van der Waals surface area contributed by atoms with Crippen LogP contribution in [0.5, 0.6) is 5.75 Å². The first kappa shape index (κ1) is 17.5. The van der Waals surface area contributed by atoms with Crippen LogP contribution in [0.25, 0.3) is 0 Å². The van der Waals surface area contributed by atoms with Gasteiger partial charge in [-0.3, -0.25) is 4.79 Å². The zero-order chi connectivity index (χ0) is 15.9. The van der Waals surface area contributed by atoms with Gasteiger partial charge in [-0.2, -0.15) is 0 Å². The SMILES string of the molecule is CC(CCN)CCC(=O)Cc1ccc(OC(F)(F)F)cc1. The van der Waals surface area contributed by atoms with E-state index in [1.807, 2.05) is 6.92 Å². The highest BCUT2D eigenvalue weighted by Gasteiger charge is 2.30. The Balaban J connectivity index is 2.43. The van der Waals surface area contributed by atoms with Crippen LogP contribution >= 0.6 is 0 Å². The first-order chi connectivity index (χ1) is 9.80. The molecule has 0 saturated heterocycles. The molecule has 0 aromatic heterocycles. The molecular weight excluding hydrogens is 283 g/mol. The van der Waals surface area contributed by atoms with Crippen molar-refractivity contribution in [3.63, 3.8) is 0 Å². The van der Waals surface area contributed by atoms with Gasteiger partial charge in [-0.15, -0.1) is 13.2 Å². The topological polar surface area (TPSA) is 52.3 Å². The van der Waals surface area contributed by atoms with Crippen LogP contribution < -0.4 is 10.5 Å². The Labute approximate surface area is 122 Å². The summed E-state index contributed by atoms with van der Waals surface area (Å²) in [7, 11) is 0. The average Bonchev–Trinajstić information content (AvgIpc) is 2.37. The molecule has 3 nitrogen and oxygen atoms in total. The van der Waals surface area contributed by atoms with Gasteiger partial charge in [0.2, 0.25) is 0 Å². The number of carbonyl (C=O) groups excluding carboxylic acids is 1. The van der Waals surface area contributed by atoms with Gasteiger partial charge in [0, 0.05) is 12.8 Å². The van der Waals surface area contributed by atoms with Gasteiger partial charge in [0.1, 0.15) is 11.5 Å². The molecular formula is C15H20F3NO2. The van der Waals surface area contributed by atoms with Crippen LogP contribution in [0.4, 0.5) is 13.2 Å². The van der Waals surface area contributed by atoms with Gasteiger partial charge in [0.15, 0.2) is 0 Å².